The normalized spacial score (nSPS) is 16.5. The fourth-order valence-corrected chi connectivity index (χ4v) is 3.90. The molecule has 2 aromatic rings. The number of carbonyl (C=O) groups is 1. The van der Waals surface area contributed by atoms with Gasteiger partial charge in [0.1, 0.15) is 0 Å². The summed E-state index contributed by atoms with van der Waals surface area (Å²) in [6, 6.07) is 9.59. The van der Waals surface area contributed by atoms with E-state index in [1.54, 1.807) is 31.3 Å². The molecule has 0 saturated heterocycles. The first kappa shape index (κ1) is 23.1. The number of hydrogen-bond donors (Lipinski definition) is 0. The zero-order chi connectivity index (χ0) is 23.3. The van der Waals surface area contributed by atoms with E-state index in [9.17, 15) is 4.79 Å². The van der Waals surface area contributed by atoms with Gasteiger partial charge in [-0.2, -0.15) is 0 Å². The number of aliphatic imine (C=N–C) groups is 1. The van der Waals surface area contributed by atoms with Crippen LogP contribution in [-0.4, -0.2) is 37.3 Å². The SMILES string of the molecule is C=Cc1ccc(C2=CN3C(=O)c4cc(OC)c(OC)cc4N=CC3C2)cc1/C=C\C.CC. The molecule has 0 aromatic heterocycles. The number of ether oxygens (including phenoxy) is 2. The van der Waals surface area contributed by atoms with Gasteiger partial charge in [-0.15, -0.1) is 0 Å². The first-order chi connectivity index (χ1) is 15.6. The van der Waals surface area contributed by atoms with Crippen LogP contribution in [0.4, 0.5) is 5.69 Å². The van der Waals surface area contributed by atoms with Gasteiger partial charge in [-0.1, -0.05) is 50.8 Å². The molecule has 0 fully saturated rings. The van der Waals surface area contributed by atoms with Gasteiger partial charge in [-0.3, -0.25) is 9.79 Å². The van der Waals surface area contributed by atoms with Crippen LogP contribution >= 0.6 is 0 Å². The molecular formula is C27H30N2O3. The largest absolute Gasteiger partial charge is 0.493 e. The quantitative estimate of drug-likeness (QED) is 0.553. The van der Waals surface area contributed by atoms with Crippen molar-refractivity contribution in [2.45, 2.75) is 33.2 Å². The molecule has 0 aliphatic carbocycles. The lowest BCUT2D eigenvalue weighted by Crippen LogP contribution is -2.32. The lowest BCUT2D eigenvalue weighted by atomic mass is 9.97. The highest BCUT2D eigenvalue weighted by atomic mass is 16.5. The molecule has 0 N–H and O–H groups in total. The van der Waals surface area contributed by atoms with Crippen molar-refractivity contribution in [3.05, 3.63) is 71.4 Å². The number of fused-ring (bicyclic) bond motifs is 2. The Balaban J connectivity index is 0.00000141. The lowest BCUT2D eigenvalue weighted by molar-refractivity contribution is 0.0817. The van der Waals surface area contributed by atoms with Crippen molar-refractivity contribution in [1.82, 2.24) is 4.90 Å². The third kappa shape index (κ3) is 4.24. The number of hydrogen-bond acceptors (Lipinski definition) is 4. The van der Waals surface area contributed by atoms with Crippen molar-refractivity contribution in [1.29, 1.82) is 0 Å². The smallest absolute Gasteiger partial charge is 0.260 e. The van der Waals surface area contributed by atoms with E-state index in [0.29, 0.717) is 29.2 Å². The summed E-state index contributed by atoms with van der Waals surface area (Å²) < 4.78 is 10.7. The first-order valence-corrected chi connectivity index (χ1v) is 10.8. The Hall–Kier alpha value is -3.60. The lowest BCUT2D eigenvalue weighted by Gasteiger charge is -2.18. The topological polar surface area (TPSA) is 51.1 Å². The third-order valence-electron chi connectivity index (χ3n) is 5.46. The van der Waals surface area contributed by atoms with Crippen LogP contribution in [0.25, 0.3) is 17.7 Å². The van der Waals surface area contributed by atoms with E-state index in [1.807, 2.05) is 45.3 Å². The van der Waals surface area contributed by atoms with Crippen LogP contribution in [0.15, 0.2) is 54.2 Å². The molecule has 2 aliphatic rings. The van der Waals surface area contributed by atoms with Gasteiger partial charge in [0.25, 0.3) is 5.91 Å². The Morgan fingerprint density at radius 1 is 1.09 bits per heavy atom. The first-order valence-electron chi connectivity index (χ1n) is 10.8. The fourth-order valence-electron chi connectivity index (χ4n) is 3.90. The van der Waals surface area contributed by atoms with E-state index in [2.05, 4.69) is 35.8 Å². The minimum Gasteiger partial charge on any atom is -0.493 e. The number of amides is 1. The van der Waals surface area contributed by atoms with E-state index in [0.717, 1.165) is 22.3 Å². The third-order valence-corrected chi connectivity index (χ3v) is 5.46. The van der Waals surface area contributed by atoms with Gasteiger partial charge in [0.05, 0.1) is 31.5 Å². The van der Waals surface area contributed by atoms with Crippen molar-refractivity contribution in [2.24, 2.45) is 4.99 Å². The zero-order valence-corrected chi connectivity index (χ0v) is 19.4. The molecule has 0 bridgehead atoms. The molecule has 4 rings (SSSR count). The van der Waals surface area contributed by atoms with Gasteiger partial charge >= 0.3 is 0 Å². The second-order valence-corrected chi connectivity index (χ2v) is 7.19. The monoisotopic (exact) mass is 430 g/mol. The average molecular weight is 431 g/mol. The summed E-state index contributed by atoms with van der Waals surface area (Å²) in [5.41, 5.74) is 5.47. The highest BCUT2D eigenvalue weighted by Gasteiger charge is 2.33. The molecule has 166 valence electrons. The highest BCUT2D eigenvalue weighted by Crippen LogP contribution is 2.39. The Labute approximate surface area is 190 Å². The summed E-state index contributed by atoms with van der Waals surface area (Å²) in [6.07, 6.45) is 10.4. The number of nitrogens with zero attached hydrogens (tertiary/aromatic N) is 2. The predicted octanol–water partition coefficient (Wildman–Crippen LogP) is 6.38. The standard InChI is InChI=1S/C25H24N2O3.C2H6/c1-5-7-17-10-18(9-8-16(17)6-2)19-11-20-14-26-22-13-24(30-4)23(29-3)12-21(22)25(28)27(20)15-19;1-2/h5-10,12-15,20H,2,11H2,1,3-4H3;1-2H3/b7-5-;. The zero-order valence-electron chi connectivity index (χ0n) is 19.4. The highest BCUT2D eigenvalue weighted by molar-refractivity contribution is 6.05. The Kier molecular flexibility index (Phi) is 7.31. The van der Waals surface area contributed by atoms with Gasteiger partial charge < -0.3 is 14.4 Å². The molecule has 1 atom stereocenters. The van der Waals surface area contributed by atoms with Crippen molar-refractivity contribution < 1.29 is 14.3 Å². The van der Waals surface area contributed by atoms with Crippen molar-refractivity contribution >= 4 is 35.5 Å². The summed E-state index contributed by atoms with van der Waals surface area (Å²) in [7, 11) is 3.12. The maximum atomic E-state index is 13.3. The number of carbonyl (C=O) groups excluding carboxylic acids is 1. The Bertz CT molecular complexity index is 1110. The van der Waals surface area contributed by atoms with E-state index in [-0.39, 0.29) is 11.9 Å². The fraction of sp³-hybridized carbons (Fsp3) is 0.259. The van der Waals surface area contributed by atoms with Crippen LogP contribution in [0.5, 0.6) is 11.5 Å². The molecule has 2 aliphatic heterocycles. The summed E-state index contributed by atoms with van der Waals surface area (Å²) in [6.45, 7) is 9.88. The molecule has 0 radical (unpaired) electrons. The van der Waals surface area contributed by atoms with Gasteiger partial charge in [0.2, 0.25) is 0 Å². The van der Waals surface area contributed by atoms with E-state index in [1.165, 1.54) is 0 Å². The Morgan fingerprint density at radius 3 is 2.47 bits per heavy atom. The van der Waals surface area contributed by atoms with Gasteiger partial charge in [-0.05, 0) is 41.3 Å². The van der Waals surface area contributed by atoms with Gasteiger partial charge in [-0.25, -0.2) is 0 Å². The molecule has 2 heterocycles. The number of rotatable bonds is 5. The average Bonchev–Trinajstić information content (AvgIpc) is 3.22. The summed E-state index contributed by atoms with van der Waals surface area (Å²) >= 11 is 0. The number of methoxy groups -OCH3 is 2. The van der Waals surface area contributed by atoms with Crippen molar-refractivity contribution in [2.75, 3.05) is 14.2 Å². The molecule has 32 heavy (non-hydrogen) atoms. The predicted molar refractivity (Wildman–Crippen MR) is 133 cm³/mol. The molecule has 1 amide bonds. The van der Waals surface area contributed by atoms with Gasteiger partial charge in [0, 0.05) is 24.9 Å². The van der Waals surface area contributed by atoms with Crippen LogP contribution in [0, 0.1) is 0 Å². The maximum Gasteiger partial charge on any atom is 0.260 e. The van der Waals surface area contributed by atoms with Crippen LogP contribution < -0.4 is 9.47 Å². The minimum atomic E-state index is -0.124. The second-order valence-electron chi connectivity index (χ2n) is 7.19. The molecule has 2 aromatic carbocycles. The van der Waals surface area contributed by atoms with E-state index in [4.69, 9.17) is 9.47 Å². The molecule has 5 nitrogen and oxygen atoms in total. The molecule has 5 heteroatoms. The maximum absolute atomic E-state index is 13.3. The molecule has 1 unspecified atom stereocenters. The summed E-state index contributed by atoms with van der Waals surface area (Å²) in [5, 5.41) is 0. The summed E-state index contributed by atoms with van der Waals surface area (Å²) in [4.78, 5) is 19.7. The molecule has 0 spiro atoms. The number of allylic oxidation sites excluding steroid dienone is 1. The van der Waals surface area contributed by atoms with Gasteiger partial charge in [0.15, 0.2) is 11.5 Å². The van der Waals surface area contributed by atoms with E-state index >= 15 is 0 Å². The van der Waals surface area contributed by atoms with Crippen molar-refractivity contribution in [3.8, 4) is 11.5 Å². The summed E-state index contributed by atoms with van der Waals surface area (Å²) in [5.74, 6) is 0.968. The van der Waals surface area contributed by atoms with E-state index < -0.39 is 0 Å². The minimum absolute atomic E-state index is 0.0974. The molecular weight excluding hydrogens is 400 g/mol. The van der Waals surface area contributed by atoms with Crippen LogP contribution in [0.3, 0.4) is 0 Å². The van der Waals surface area contributed by atoms with Crippen molar-refractivity contribution in [3.63, 3.8) is 0 Å². The molecule has 0 saturated carbocycles. The second kappa shape index (κ2) is 10.1. The number of benzene rings is 2. The van der Waals surface area contributed by atoms with Crippen LogP contribution in [-0.2, 0) is 0 Å². The van der Waals surface area contributed by atoms with Crippen LogP contribution in [0.1, 0.15) is 54.2 Å². The Morgan fingerprint density at radius 2 is 1.81 bits per heavy atom. The van der Waals surface area contributed by atoms with Crippen LogP contribution in [0.2, 0.25) is 0 Å².